The van der Waals surface area contributed by atoms with E-state index in [0.717, 1.165) is 18.0 Å². The number of halogens is 1. The fourth-order valence-electron chi connectivity index (χ4n) is 2.15. The van der Waals surface area contributed by atoms with Gasteiger partial charge in [0.15, 0.2) is 0 Å². The van der Waals surface area contributed by atoms with Crippen LogP contribution >= 0.6 is 0 Å². The van der Waals surface area contributed by atoms with Crippen molar-refractivity contribution in [3.8, 4) is 0 Å². The van der Waals surface area contributed by atoms with Gasteiger partial charge in [-0.15, -0.1) is 0 Å². The summed E-state index contributed by atoms with van der Waals surface area (Å²) >= 11 is 0. The summed E-state index contributed by atoms with van der Waals surface area (Å²) in [6, 6.07) is 5.26. The lowest BCUT2D eigenvalue weighted by Crippen LogP contribution is -2.29. The third-order valence-corrected chi connectivity index (χ3v) is 3.42. The molecule has 1 fully saturated rings. The normalized spacial score (nSPS) is 15.9. The second kappa shape index (κ2) is 4.83. The van der Waals surface area contributed by atoms with E-state index < -0.39 is 0 Å². The molecule has 0 heterocycles. The van der Waals surface area contributed by atoms with Crippen molar-refractivity contribution in [1.29, 1.82) is 0 Å². The number of rotatable bonds is 4. The lowest BCUT2D eigenvalue weighted by molar-refractivity contribution is 0.321. The second-order valence-electron chi connectivity index (χ2n) is 4.67. The van der Waals surface area contributed by atoms with Gasteiger partial charge in [0.1, 0.15) is 5.82 Å². The minimum absolute atomic E-state index is 0.162. The molecule has 0 aliphatic heterocycles. The van der Waals surface area contributed by atoms with E-state index >= 15 is 0 Å². The summed E-state index contributed by atoms with van der Waals surface area (Å²) in [4.78, 5) is 2.01. The van der Waals surface area contributed by atoms with Crippen LogP contribution in [0.3, 0.4) is 0 Å². The zero-order chi connectivity index (χ0) is 11.5. The van der Waals surface area contributed by atoms with Crippen LogP contribution in [0.25, 0.3) is 0 Å². The molecule has 2 N–H and O–H groups in total. The van der Waals surface area contributed by atoms with E-state index in [9.17, 15) is 4.39 Å². The number of hydrogen-bond donors (Lipinski definition) is 1. The lowest BCUT2D eigenvalue weighted by Gasteiger charge is -2.31. The van der Waals surface area contributed by atoms with Gasteiger partial charge in [-0.2, -0.15) is 0 Å². The Bertz CT molecular complexity index is 361. The molecule has 1 aromatic rings. The summed E-state index contributed by atoms with van der Waals surface area (Å²) in [5, 5.41) is 0. The van der Waals surface area contributed by atoms with E-state index in [1.807, 2.05) is 24.1 Å². The van der Waals surface area contributed by atoms with E-state index in [1.165, 1.54) is 25.3 Å². The molecule has 1 aliphatic carbocycles. The van der Waals surface area contributed by atoms with Gasteiger partial charge < -0.3 is 10.6 Å². The van der Waals surface area contributed by atoms with Gasteiger partial charge in [-0.05, 0) is 36.5 Å². The SMILES string of the molecule is CN(CC1CCC1)c1ccc(CN)cc1F. The molecule has 0 atom stereocenters. The van der Waals surface area contributed by atoms with Gasteiger partial charge in [0.2, 0.25) is 0 Å². The van der Waals surface area contributed by atoms with E-state index in [-0.39, 0.29) is 5.82 Å². The molecule has 0 saturated heterocycles. The molecular weight excluding hydrogens is 203 g/mol. The lowest BCUT2D eigenvalue weighted by atomic mass is 9.85. The monoisotopic (exact) mass is 222 g/mol. The average molecular weight is 222 g/mol. The maximum absolute atomic E-state index is 13.8. The van der Waals surface area contributed by atoms with Crippen LogP contribution < -0.4 is 10.6 Å². The van der Waals surface area contributed by atoms with Gasteiger partial charge in [0.25, 0.3) is 0 Å². The molecule has 0 radical (unpaired) electrons. The first kappa shape index (κ1) is 11.4. The van der Waals surface area contributed by atoms with Crippen molar-refractivity contribution in [3.05, 3.63) is 29.6 Å². The first-order chi connectivity index (χ1) is 7.70. The summed E-state index contributed by atoms with van der Waals surface area (Å²) in [5.74, 6) is 0.586. The molecule has 2 nitrogen and oxygen atoms in total. The average Bonchev–Trinajstić information content (AvgIpc) is 2.23. The van der Waals surface area contributed by atoms with E-state index in [1.54, 1.807) is 0 Å². The third kappa shape index (κ3) is 2.35. The molecule has 1 aliphatic rings. The highest BCUT2D eigenvalue weighted by molar-refractivity contribution is 5.48. The number of hydrogen-bond acceptors (Lipinski definition) is 2. The minimum Gasteiger partial charge on any atom is -0.372 e. The first-order valence-electron chi connectivity index (χ1n) is 5.90. The molecule has 16 heavy (non-hydrogen) atoms. The molecule has 1 aromatic carbocycles. The molecule has 88 valence electrons. The Hall–Kier alpha value is -1.09. The van der Waals surface area contributed by atoms with Crippen molar-refractivity contribution in [1.82, 2.24) is 0 Å². The van der Waals surface area contributed by atoms with Crippen molar-refractivity contribution >= 4 is 5.69 Å². The number of benzene rings is 1. The second-order valence-corrected chi connectivity index (χ2v) is 4.67. The fraction of sp³-hybridized carbons (Fsp3) is 0.538. The molecule has 0 spiro atoms. The summed E-state index contributed by atoms with van der Waals surface area (Å²) in [6.45, 7) is 1.35. The smallest absolute Gasteiger partial charge is 0.146 e. The van der Waals surface area contributed by atoms with Crippen molar-refractivity contribution in [2.75, 3.05) is 18.5 Å². The van der Waals surface area contributed by atoms with Crippen LogP contribution in [0, 0.1) is 11.7 Å². The van der Waals surface area contributed by atoms with Crippen LogP contribution in [0.4, 0.5) is 10.1 Å². The summed E-state index contributed by atoms with van der Waals surface area (Å²) in [7, 11) is 1.96. The molecule has 0 unspecified atom stereocenters. The van der Waals surface area contributed by atoms with Crippen LogP contribution in [-0.4, -0.2) is 13.6 Å². The third-order valence-electron chi connectivity index (χ3n) is 3.42. The number of anilines is 1. The quantitative estimate of drug-likeness (QED) is 0.848. The van der Waals surface area contributed by atoms with E-state index in [4.69, 9.17) is 5.73 Å². The Labute approximate surface area is 96.2 Å². The Kier molecular flexibility index (Phi) is 3.44. The predicted octanol–water partition coefficient (Wildman–Crippen LogP) is 2.52. The molecule has 0 amide bonds. The molecule has 2 rings (SSSR count). The topological polar surface area (TPSA) is 29.3 Å². The predicted molar refractivity (Wildman–Crippen MR) is 64.9 cm³/mol. The van der Waals surface area contributed by atoms with Crippen LogP contribution in [0.2, 0.25) is 0 Å². The highest BCUT2D eigenvalue weighted by Gasteiger charge is 2.20. The standard InChI is InChI=1S/C13H19FN2/c1-16(9-10-3-2-4-10)13-6-5-11(8-15)7-12(13)14/h5-7,10H,2-4,8-9,15H2,1H3. The zero-order valence-electron chi connectivity index (χ0n) is 9.75. The Morgan fingerprint density at radius 3 is 2.69 bits per heavy atom. The molecule has 1 saturated carbocycles. The minimum atomic E-state index is -0.162. The van der Waals surface area contributed by atoms with Gasteiger partial charge in [0, 0.05) is 20.1 Å². The molecular formula is C13H19FN2. The van der Waals surface area contributed by atoms with Gasteiger partial charge in [-0.25, -0.2) is 4.39 Å². The van der Waals surface area contributed by atoms with Gasteiger partial charge in [0.05, 0.1) is 5.69 Å². The largest absolute Gasteiger partial charge is 0.372 e. The summed E-state index contributed by atoms with van der Waals surface area (Å²) in [5.41, 5.74) is 7.01. The van der Waals surface area contributed by atoms with Crippen molar-refractivity contribution < 1.29 is 4.39 Å². The number of nitrogens with zero attached hydrogens (tertiary/aromatic N) is 1. The van der Waals surface area contributed by atoms with Crippen LogP contribution in [0.15, 0.2) is 18.2 Å². The maximum atomic E-state index is 13.8. The summed E-state index contributed by atoms with van der Waals surface area (Å²) in [6.07, 6.45) is 3.90. The van der Waals surface area contributed by atoms with Gasteiger partial charge in [-0.3, -0.25) is 0 Å². The van der Waals surface area contributed by atoms with Crippen LogP contribution in [0.1, 0.15) is 24.8 Å². The van der Waals surface area contributed by atoms with E-state index in [2.05, 4.69) is 0 Å². The highest BCUT2D eigenvalue weighted by Crippen LogP contribution is 2.29. The molecule has 0 aromatic heterocycles. The van der Waals surface area contributed by atoms with Crippen molar-refractivity contribution in [2.24, 2.45) is 11.7 Å². The van der Waals surface area contributed by atoms with Gasteiger partial charge in [-0.1, -0.05) is 12.5 Å². The molecule has 3 heteroatoms. The Balaban J connectivity index is 2.06. The Morgan fingerprint density at radius 1 is 1.44 bits per heavy atom. The zero-order valence-corrected chi connectivity index (χ0v) is 9.75. The fourth-order valence-corrected chi connectivity index (χ4v) is 2.15. The first-order valence-corrected chi connectivity index (χ1v) is 5.90. The number of nitrogens with two attached hydrogens (primary N) is 1. The maximum Gasteiger partial charge on any atom is 0.146 e. The van der Waals surface area contributed by atoms with Crippen molar-refractivity contribution in [2.45, 2.75) is 25.8 Å². The van der Waals surface area contributed by atoms with Crippen LogP contribution in [0.5, 0.6) is 0 Å². The van der Waals surface area contributed by atoms with Gasteiger partial charge >= 0.3 is 0 Å². The highest BCUT2D eigenvalue weighted by atomic mass is 19.1. The Morgan fingerprint density at radius 2 is 2.19 bits per heavy atom. The van der Waals surface area contributed by atoms with E-state index in [0.29, 0.717) is 12.2 Å². The van der Waals surface area contributed by atoms with Crippen molar-refractivity contribution in [3.63, 3.8) is 0 Å². The molecule has 0 bridgehead atoms. The van der Waals surface area contributed by atoms with Crippen LogP contribution in [-0.2, 0) is 6.54 Å². The summed E-state index contributed by atoms with van der Waals surface area (Å²) < 4.78 is 13.8.